The zero-order valence-corrected chi connectivity index (χ0v) is 9.33. The first-order valence-electron chi connectivity index (χ1n) is 5.38. The molecular weight excluding hydrogens is 186 g/mol. The van der Waals surface area contributed by atoms with Crippen LogP contribution in [0.3, 0.4) is 0 Å². The maximum Gasteiger partial charge on any atom is 0.0703 e. The number of hydrogen-bond acceptors (Lipinski definition) is 2. The van der Waals surface area contributed by atoms with Crippen LogP contribution in [0.5, 0.6) is 0 Å². The van der Waals surface area contributed by atoms with Crippen LogP contribution in [0.1, 0.15) is 12.1 Å². The summed E-state index contributed by atoms with van der Waals surface area (Å²) in [4.78, 5) is 0. The molecule has 2 rings (SSSR count). The van der Waals surface area contributed by atoms with Crippen molar-refractivity contribution in [1.82, 2.24) is 15.1 Å². The highest BCUT2D eigenvalue weighted by Gasteiger charge is 2.06. The van der Waals surface area contributed by atoms with Crippen LogP contribution in [0.4, 0.5) is 0 Å². The Morgan fingerprint density at radius 2 is 2.13 bits per heavy atom. The summed E-state index contributed by atoms with van der Waals surface area (Å²) < 4.78 is 1.96. The zero-order chi connectivity index (χ0) is 10.7. The molecule has 1 heterocycles. The van der Waals surface area contributed by atoms with Crippen molar-refractivity contribution in [2.24, 2.45) is 7.05 Å². The number of aryl methyl sites for hydroxylation is 2. The second-order valence-corrected chi connectivity index (χ2v) is 3.79. The molecule has 0 saturated heterocycles. The Morgan fingerprint density at radius 3 is 2.93 bits per heavy atom. The van der Waals surface area contributed by atoms with Crippen molar-refractivity contribution in [3.8, 4) is 0 Å². The van der Waals surface area contributed by atoms with Gasteiger partial charge in [0.05, 0.1) is 11.2 Å². The summed E-state index contributed by atoms with van der Waals surface area (Å²) in [6.45, 7) is 1.05. The van der Waals surface area contributed by atoms with Crippen LogP contribution in [0.15, 0.2) is 24.3 Å². The van der Waals surface area contributed by atoms with Crippen molar-refractivity contribution in [3.05, 3.63) is 30.0 Å². The highest BCUT2D eigenvalue weighted by atomic mass is 15.3. The molecule has 0 saturated carbocycles. The maximum atomic E-state index is 4.55. The molecule has 0 aliphatic rings. The number of fused-ring (bicyclic) bond motifs is 1. The van der Waals surface area contributed by atoms with E-state index in [0.717, 1.165) is 19.4 Å². The molecule has 0 aliphatic heterocycles. The first kappa shape index (κ1) is 10.2. The molecule has 80 valence electrons. The number of nitrogens with one attached hydrogen (secondary N) is 1. The van der Waals surface area contributed by atoms with Gasteiger partial charge in [-0.15, -0.1) is 0 Å². The summed E-state index contributed by atoms with van der Waals surface area (Å²) in [5, 5.41) is 9.00. The van der Waals surface area contributed by atoms with E-state index >= 15 is 0 Å². The number of rotatable bonds is 4. The lowest BCUT2D eigenvalue weighted by molar-refractivity contribution is 0.696. The van der Waals surface area contributed by atoms with Gasteiger partial charge in [0.2, 0.25) is 0 Å². The summed E-state index contributed by atoms with van der Waals surface area (Å²) in [7, 11) is 3.99. The predicted octanol–water partition coefficient (Wildman–Crippen LogP) is 1.73. The van der Waals surface area contributed by atoms with Gasteiger partial charge in [0.1, 0.15) is 0 Å². The third-order valence-electron chi connectivity index (χ3n) is 2.67. The van der Waals surface area contributed by atoms with Gasteiger partial charge in [-0.05, 0) is 32.5 Å². The number of hydrogen-bond donors (Lipinski definition) is 1. The summed E-state index contributed by atoms with van der Waals surface area (Å²) in [5.74, 6) is 0. The largest absolute Gasteiger partial charge is 0.320 e. The van der Waals surface area contributed by atoms with Gasteiger partial charge in [-0.3, -0.25) is 4.68 Å². The van der Waals surface area contributed by atoms with Gasteiger partial charge in [0.15, 0.2) is 0 Å². The van der Waals surface area contributed by atoms with Crippen LogP contribution in [0, 0.1) is 0 Å². The number of benzene rings is 1. The fraction of sp³-hybridized carbons (Fsp3) is 0.417. The summed E-state index contributed by atoms with van der Waals surface area (Å²) >= 11 is 0. The van der Waals surface area contributed by atoms with Gasteiger partial charge in [-0.1, -0.05) is 18.2 Å². The zero-order valence-electron chi connectivity index (χ0n) is 9.33. The minimum atomic E-state index is 1.04. The third kappa shape index (κ3) is 2.02. The van der Waals surface area contributed by atoms with Crippen molar-refractivity contribution >= 4 is 10.9 Å². The molecular formula is C12H17N3. The van der Waals surface area contributed by atoms with Crippen LogP contribution >= 0.6 is 0 Å². The monoisotopic (exact) mass is 203 g/mol. The second kappa shape index (κ2) is 4.45. The smallest absolute Gasteiger partial charge is 0.0703 e. The molecule has 1 aromatic carbocycles. The van der Waals surface area contributed by atoms with Crippen molar-refractivity contribution in [2.75, 3.05) is 13.6 Å². The topological polar surface area (TPSA) is 29.9 Å². The molecule has 1 aromatic heterocycles. The normalized spacial score (nSPS) is 11.1. The minimum Gasteiger partial charge on any atom is -0.320 e. The van der Waals surface area contributed by atoms with E-state index in [4.69, 9.17) is 0 Å². The Bertz CT molecular complexity index is 445. The molecule has 0 atom stereocenters. The second-order valence-electron chi connectivity index (χ2n) is 3.79. The van der Waals surface area contributed by atoms with E-state index in [-0.39, 0.29) is 0 Å². The summed E-state index contributed by atoms with van der Waals surface area (Å²) in [6, 6.07) is 8.40. The van der Waals surface area contributed by atoms with Crippen molar-refractivity contribution < 1.29 is 0 Å². The Labute approximate surface area is 90.1 Å². The summed E-state index contributed by atoms with van der Waals surface area (Å²) in [6.07, 6.45) is 2.18. The van der Waals surface area contributed by atoms with Crippen LogP contribution in [-0.2, 0) is 13.5 Å². The molecule has 1 N–H and O–H groups in total. The number of aromatic nitrogens is 2. The minimum absolute atomic E-state index is 1.04. The first-order chi connectivity index (χ1) is 7.33. The average Bonchev–Trinajstić information content (AvgIpc) is 2.58. The van der Waals surface area contributed by atoms with Gasteiger partial charge < -0.3 is 5.32 Å². The average molecular weight is 203 g/mol. The Kier molecular flexibility index (Phi) is 3.02. The maximum absolute atomic E-state index is 4.55. The van der Waals surface area contributed by atoms with Crippen LogP contribution in [0.2, 0.25) is 0 Å². The van der Waals surface area contributed by atoms with Crippen LogP contribution < -0.4 is 5.32 Å². The van der Waals surface area contributed by atoms with Crippen LogP contribution in [-0.4, -0.2) is 23.4 Å². The molecule has 0 radical (unpaired) electrons. The SMILES string of the molecule is CNCCCc1nn(C)c2ccccc12. The summed E-state index contributed by atoms with van der Waals surface area (Å²) in [5.41, 5.74) is 2.43. The highest BCUT2D eigenvalue weighted by molar-refractivity contribution is 5.81. The molecule has 0 aliphatic carbocycles. The van der Waals surface area contributed by atoms with E-state index in [2.05, 4.69) is 34.7 Å². The molecule has 0 amide bonds. The molecule has 0 unspecified atom stereocenters. The van der Waals surface area contributed by atoms with Crippen molar-refractivity contribution in [1.29, 1.82) is 0 Å². The Balaban J connectivity index is 2.27. The van der Waals surface area contributed by atoms with Gasteiger partial charge in [0, 0.05) is 12.4 Å². The molecule has 3 nitrogen and oxygen atoms in total. The van der Waals surface area contributed by atoms with E-state index in [1.54, 1.807) is 0 Å². The third-order valence-corrected chi connectivity index (χ3v) is 2.67. The fourth-order valence-corrected chi connectivity index (χ4v) is 1.91. The molecule has 2 aromatic rings. The Morgan fingerprint density at radius 1 is 1.33 bits per heavy atom. The lowest BCUT2D eigenvalue weighted by Gasteiger charge is -1.97. The van der Waals surface area contributed by atoms with Gasteiger partial charge in [-0.2, -0.15) is 5.10 Å². The molecule has 15 heavy (non-hydrogen) atoms. The van der Waals surface area contributed by atoms with E-state index in [1.165, 1.54) is 16.6 Å². The van der Waals surface area contributed by atoms with Crippen molar-refractivity contribution in [3.63, 3.8) is 0 Å². The molecule has 0 fully saturated rings. The lowest BCUT2D eigenvalue weighted by atomic mass is 10.1. The van der Waals surface area contributed by atoms with Crippen LogP contribution in [0.25, 0.3) is 10.9 Å². The standard InChI is InChI=1S/C12H17N3/c1-13-9-5-7-11-10-6-3-4-8-12(10)15(2)14-11/h3-4,6,8,13H,5,7,9H2,1-2H3. The van der Waals surface area contributed by atoms with E-state index in [0.29, 0.717) is 0 Å². The van der Waals surface area contributed by atoms with Gasteiger partial charge in [0.25, 0.3) is 0 Å². The molecule has 0 bridgehead atoms. The Hall–Kier alpha value is -1.35. The van der Waals surface area contributed by atoms with Gasteiger partial charge >= 0.3 is 0 Å². The highest BCUT2D eigenvalue weighted by Crippen LogP contribution is 2.18. The van der Waals surface area contributed by atoms with Crippen molar-refractivity contribution in [2.45, 2.75) is 12.8 Å². The van der Waals surface area contributed by atoms with Gasteiger partial charge in [-0.25, -0.2) is 0 Å². The van der Waals surface area contributed by atoms with E-state index in [1.807, 2.05) is 18.8 Å². The van der Waals surface area contributed by atoms with E-state index < -0.39 is 0 Å². The predicted molar refractivity (Wildman–Crippen MR) is 63.0 cm³/mol. The fourth-order valence-electron chi connectivity index (χ4n) is 1.91. The van der Waals surface area contributed by atoms with E-state index in [9.17, 15) is 0 Å². The first-order valence-corrected chi connectivity index (χ1v) is 5.38. The quantitative estimate of drug-likeness (QED) is 0.767. The number of para-hydroxylation sites is 1. The number of nitrogens with zero attached hydrogens (tertiary/aromatic N) is 2. The molecule has 0 spiro atoms. The lowest BCUT2D eigenvalue weighted by Crippen LogP contribution is -2.08. The molecule has 3 heteroatoms.